The maximum atomic E-state index is 2.27. The zero-order valence-electron chi connectivity index (χ0n) is 18.0. The third-order valence-electron chi connectivity index (χ3n) is 4.73. The molecule has 0 unspecified atom stereocenters. The molecule has 0 aliphatic rings. The summed E-state index contributed by atoms with van der Waals surface area (Å²) in [5, 5.41) is 0. The minimum absolute atomic E-state index is 1.14. The predicted octanol–water partition coefficient (Wildman–Crippen LogP) is 8.66. The summed E-state index contributed by atoms with van der Waals surface area (Å²) in [6.45, 7) is 6.11. The third-order valence-corrected chi connectivity index (χ3v) is 4.73. The first kappa shape index (κ1) is 21.1. The van der Waals surface area contributed by atoms with Crippen molar-refractivity contribution in [2.45, 2.75) is 20.8 Å². The van der Waals surface area contributed by atoms with Crippen molar-refractivity contribution in [3.05, 3.63) is 126 Å². The summed E-state index contributed by atoms with van der Waals surface area (Å²) in [5.74, 6) is 0. The van der Waals surface area contributed by atoms with Crippen LogP contribution in [0.5, 0.6) is 0 Å². The fourth-order valence-corrected chi connectivity index (χ4v) is 3.21. The first-order valence-electron chi connectivity index (χ1n) is 10.5. The number of aryl methyl sites for hydroxylation is 1. The van der Waals surface area contributed by atoms with Gasteiger partial charge in [0.1, 0.15) is 0 Å². The molecular weight excluding hydrogens is 362 g/mol. The van der Waals surface area contributed by atoms with Gasteiger partial charge in [-0.1, -0.05) is 104 Å². The standard InChI is InChI=1S/C27H23N.C2H6/c1-22-12-14-23(15-13-22)16-17-24-18-20-27(21-19-24)28(25-8-4-2-5-9-25)26-10-6-3-7-11-26;1-2/h2-21H,1H3;1-2H3/b17-16+;. The predicted molar refractivity (Wildman–Crippen MR) is 133 cm³/mol. The molecule has 4 aromatic rings. The molecule has 0 aliphatic heterocycles. The fourth-order valence-electron chi connectivity index (χ4n) is 3.21. The Labute approximate surface area is 181 Å². The first-order chi connectivity index (χ1) is 14.8. The van der Waals surface area contributed by atoms with Gasteiger partial charge in [0.15, 0.2) is 0 Å². The molecule has 4 rings (SSSR count). The van der Waals surface area contributed by atoms with Crippen molar-refractivity contribution in [3.63, 3.8) is 0 Å². The zero-order chi connectivity index (χ0) is 21.2. The highest BCUT2D eigenvalue weighted by Crippen LogP contribution is 2.34. The molecule has 0 saturated carbocycles. The molecule has 0 heterocycles. The number of hydrogen-bond donors (Lipinski definition) is 0. The van der Waals surface area contributed by atoms with E-state index in [4.69, 9.17) is 0 Å². The van der Waals surface area contributed by atoms with E-state index < -0.39 is 0 Å². The van der Waals surface area contributed by atoms with E-state index in [0.717, 1.165) is 17.1 Å². The molecule has 1 nitrogen and oxygen atoms in total. The molecular formula is C29H29N. The van der Waals surface area contributed by atoms with Crippen molar-refractivity contribution in [3.8, 4) is 0 Å². The maximum Gasteiger partial charge on any atom is 0.0462 e. The van der Waals surface area contributed by atoms with Crippen molar-refractivity contribution in [1.82, 2.24) is 0 Å². The summed E-state index contributed by atoms with van der Waals surface area (Å²) in [6, 6.07) is 38.2. The number of anilines is 3. The molecule has 0 N–H and O–H groups in total. The zero-order valence-corrected chi connectivity index (χ0v) is 18.0. The SMILES string of the molecule is CC.Cc1ccc(/C=C/c2ccc(N(c3ccccc3)c3ccccc3)cc2)cc1. The van der Waals surface area contributed by atoms with Crippen LogP contribution in [0.1, 0.15) is 30.5 Å². The quantitative estimate of drug-likeness (QED) is 0.308. The third kappa shape index (κ3) is 5.48. The molecule has 0 saturated heterocycles. The second kappa shape index (κ2) is 10.8. The highest BCUT2D eigenvalue weighted by Gasteiger charge is 2.11. The Morgan fingerprint density at radius 3 is 1.27 bits per heavy atom. The van der Waals surface area contributed by atoms with Crippen LogP contribution < -0.4 is 4.90 Å². The molecule has 150 valence electrons. The normalized spacial score (nSPS) is 10.4. The van der Waals surface area contributed by atoms with Gasteiger partial charge in [0.05, 0.1) is 0 Å². The van der Waals surface area contributed by atoms with Gasteiger partial charge in [-0.2, -0.15) is 0 Å². The highest BCUT2D eigenvalue weighted by atomic mass is 15.1. The molecule has 0 amide bonds. The Hall–Kier alpha value is -3.58. The number of rotatable bonds is 5. The van der Waals surface area contributed by atoms with E-state index in [-0.39, 0.29) is 0 Å². The molecule has 0 atom stereocenters. The van der Waals surface area contributed by atoms with Crippen molar-refractivity contribution in [2.24, 2.45) is 0 Å². The largest absolute Gasteiger partial charge is 0.311 e. The van der Waals surface area contributed by atoms with Gasteiger partial charge in [-0.15, -0.1) is 0 Å². The van der Waals surface area contributed by atoms with Gasteiger partial charge in [-0.25, -0.2) is 0 Å². The molecule has 0 bridgehead atoms. The van der Waals surface area contributed by atoms with Crippen LogP contribution in [0.15, 0.2) is 109 Å². The van der Waals surface area contributed by atoms with Crippen LogP contribution in [0.3, 0.4) is 0 Å². The van der Waals surface area contributed by atoms with Gasteiger partial charge < -0.3 is 4.90 Å². The van der Waals surface area contributed by atoms with E-state index in [1.165, 1.54) is 16.7 Å². The Kier molecular flexibility index (Phi) is 7.63. The Balaban J connectivity index is 0.00000124. The lowest BCUT2D eigenvalue weighted by Crippen LogP contribution is -2.09. The summed E-state index contributed by atoms with van der Waals surface area (Å²) in [5.41, 5.74) is 7.12. The van der Waals surface area contributed by atoms with Crippen LogP contribution in [-0.2, 0) is 0 Å². The van der Waals surface area contributed by atoms with E-state index in [1.54, 1.807) is 0 Å². The van der Waals surface area contributed by atoms with Crippen molar-refractivity contribution >= 4 is 29.2 Å². The maximum absolute atomic E-state index is 2.27. The average Bonchev–Trinajstić information content (AvgIpc) is 2.82. The lowest BCUT2D eigenvalue weighted by Gasteiger charge is -2.25. The van der Waals surface area contributed by atoms with Gasteiger partial charge >= 0.3 is 0 Å². The molecule has 4 aromatic carbocycles. The van der Waals surface area contributed by atoms with E-state index in [2.05, 4.69) is 121 Å². The minimum Gasteiger partial charge on any atom is -0.311 e. The van der Waals surface area contributed by atoms with E-state index in [1.807, 2.05) is 26.0 Å². The Morgan fingerprint density at radius 2 is 0.833 bits per heavy atom. The number of para-hydroxylation sites is 2. The van der Waals surface area contributed by atoms with Gasteiger partial charge in [0.2, 0.25) is 0 Å². The van der Waals surface area contributed by atoms with Crippen LogP contribution in [-0.4, -0.2) is 0 Å². The molecule has 0 fully saturated rings. The van der Waals surface area contributed by atoms with Crippen molar-refractivity contribution in [2.75, 3.05) is 4.90 Å². The topological polar surface area (TPSA) is 3.24 Å². The molecule has 30 heavy (non-hydrogen) atoms. The monoisotopic (exact) mass is 391 g/mol. The fraction of sp³-hybridized carbons (Fsp3) is 0.103. The minimum atomic E-state index is 1.14. The Morgan fingerprint density at radius 1 is 0.467 bits per heavy atom. The van der Waals surface area contributed by atoms with Crippen molar-refractivity contribution in [1.29, 1.82) is 0 Å². The summed E-state index contributed by atoms with van der Waals surface area (Å²) in [6.07, 6.45) is 4.31. The second-order valence-electron chi connectivity index (χ2n) is 6.84. The van der Waals surface area contributed by atoms with Gasteiger partial charge in [0, 0.05) is 17.1 Å². The summed E-state index contributed by atoms with van der Waals surface area (Å²) in [4.78, 5) is 2.27. The first-order valence-corrected chi connectivity index (χ1v) is 10.5. The van der Waals surface area contributed by atoms with Gasteiger partial charge in [0.25, 0.3) is 0 Å². The number of benzene rings is 4. The van der Waals surface area contributed by atoms with E-state index >= 15 is 0 Å². The lowest BCUT2D eigenvalue weighted by atomic mass is 10.1. The van der Waals surface area contributed by atoms with Crippen molar-refractivity contribution < 1.29 is 0 Å². The smallest absolute Gasteiger partial charge is 0.0462 e. The molecule has 1 heteroatoms. The molecule has 0 aliphatic carbocycles. The van der Waals surface area contributed by atoms with Crippen LogP contribution >= 0.6 is 0 Å². The van der Waals surface area contributed by atoms with Crippen LogP contribution in [0, 0.1) is 6.92 Å². The summed E-state index contributed by atoms with van der Waals surface area (Å²) >= 11 is 0. The van der Waals surface area contributed by atoms with E-state index in [0.29, 0.717) is 0 Å². The van der Waals surface area contributed by atoms with Crippen LogP contribution in [0.4, 0.5) is 17.1 Å². The Bertz CT molecular complexity index is 992. The summed E-state index contributed by atoms with van der Waals surface area (Å²) < 4.78 is 0. The number of hydrogen-bond acceptors (Lipinski definition) is 1. The van der Waals surface area contributed by atoms with Crippen LogP contribution in [0.25, 0.3) is 12.2 Å². The summed E-state index contributed by atoms with van der Waals surface area (Å²) in [7, 11) is 0. The molecule has 0 radical (unpaired) electrons. The number of nitrogens with zero attached hydrogens (tertiary/aromatic N) is 1. The van der Waals surface area contributed by atoms with Gasteiger partial charge in [-0.3, -0.25) is 0 Å². The van der Waals surface area contributed by atoms with E-state index in [9.17, 15) is 0 Å². The van der Waals surface area contributed by atoms with Gasteiger partial charge in [-0.05, 0) is 54.4 Å². The molecule has 0 aromatic heterocycles. The lowest BCUT2D eigenvalue weighted by molar-refractivity contribution is 1.28. The van der Waals surface area contributed by atoms with Crippen LogP contribution in [0.2, 0.25) is 0 Å². The highest BCUT2D eigenvalue weighted by molar-refractivity contribution is 5.78. The average molecular weight is 392 g/mol. The molecule has 0 spiro atoms. The second-order valence-corrected chi connectivity index (χ2v) is 6.84.